The van der Waals surface area contributed by atoms with Gasteiger partial charge in [-0.2, -0.15) is 4.98 Å². The predicted octanol–water partition coefficient (Wildman–Crippen LogP) is 3.49. The quantitative estimate of drug-likeness (QED) is 0.434. The van der Waals surface area contributed by atoms with Gasteiger partial charge in [-0.05, 0) is 30.7 Å². The minimum atomic E-state index is -0.578. The Kier molecular flexibility index (Phi) is 2.94. The van der Waals surface area contributed by atoms with Crippen LogP contribution in [0.3, 0.4) is 0 Å². The van der Waals surface area contributed by atoms with Crippen molar-refractivity contribution in [1.29, 1.82) is 0 Å². The van der Waals surface area contributed by atoms with Crippen molar-refractivity contribution in [2.45, 2.75) is 6.92 Å². The van der Waals surface area contributed by atoms with Gasteiger partial charge < -0.3 is 14.8 Å². The third-order valence-corrected chi connectivity index (χ3v) is 2.98. The molecule has 0 bridgehead atoms. The second-order valence-electron chi connectivity index (χ2n) is 4.57. The fraction of sp³-hybridized carbons (Fsp3) is 0.0714. The Balaban J connectivity index is 1.93. The maximum atomic E-state index is 10.6. The van der Waals surface area contributed by atoms with Crippen molar-refractivity contribution in [3.8, 4) is 5.75 Å². The number of phenolic OH excluding ortho intramolecular Hbond substituents is 1. The first-order valence-electron chi connectivity index (χ1n) is 6.14. The molecule has 0 saturated carbocycles. The topological polar surface area (TPSA) is 101 Å². The number of aromatic hydroxyl groups is 1. The van der Waals surface area contributed by atoms with Gasteiger partial charge in [0.25, 0.3) is 11.7 Å². The maximum absolute atomic E-state index is 10.6. The average molecular weight is 285 g/mol. The Hall–Kier alpha value is -3.09. The molecule has 0 atom stereocenters. The molecule has 1 heterocycles. The van der Waals surface area contributed by atoms with Crippen molar-refractivity contribution in [2.24, 2.45) is 0 Å². The summed E-state index contributed by atoms with van der Waals surface area (Å²) in [5.74, 6) is -0.248. The first-order chi connectivity index (χ1) is 10.0. The van der Waals surface area contributed by atoms with Gasteiger partial charge in [0.15, 0.2) is 5.58 Å². The van der Waals surface area contributed by atoms with Gasteiger partial charge in [0, 0.05) is 6.07 Å². The number of aryl methyl sites for hydroxylation is 1. The van der Waals surface area contributed by atoms with Gasteiger partial charge >= 0.3 is 0 Å². The number of rotatable bonds is 3. The van der Waals surface area contributed by atoms with E-state index >= 15 is 0 Å². The van der Waals surface area contributed by atoms with Gasteiger partial charge in [0.2, 0.25) is 0 Å². The minimum Gasteiger partial charge on any atom is -0.506 e. The Bertz CT molecular complexity index is 841. The fourth-order valence-electron chi connectivity index (χ4n) is 1.95. The number of phenols is 1. The summed E-state index contributed by atoms with van der Waals surface area (Å²) in [5.41, 5.74) is 2.46. The Labute approximate surface area is 119 Å². The highest BCUT2D eigenvalue weighted by atomic mass is 16.6. The van der Waals surface area contributed by atoms with Gasteiger partial charge in [0.05, 0.1) is 16.7 Å². The standard InChI is InChI=1S/C14H11N3O4/c1-8-2-5-13-11(6-8)16-14(21-13)15-10-4-3-9(17(19)20)7-12(10)18/h2-7,18H,1H3,(H,15,16). The van der Waals surface area contributed by atoms with E-state index in [0.717, 1.165) is 11.6 Å². The van der Waals surface area contributed by atoms with Crippen molar-refractivity contribution in [3.63, 3.8) is 0 Å². The normalized spacial score (nSPS) is 10.7. The maximum Gasteiger partial charge on any atom is 0.300 e. The summed E-state index contributed by atoms with van der Waals surface area (Å²) in [7, 11) is 0. The van der Waals surface area contributed by atoms with Crippen LogP contribution in [0.2, 0.25) is 0 Å². The van der Waals surface area contributed by atoms with E-state index in [-0.39, 0.29) is 23.1 Å². The van der Waals surface area contributed by atoms with Crippen LogP contribution in [0.15, 0.2) is 40.8 Å². The number of non-ortho nitro benzene ring substituents is 1. The van der Waals surface area contributed by atoms with Crippen LogP contribution in [0.4, 0.5) is 17.4 Å². The third kappa shape index (κ3) is 2.48. The number of nitrogens with zero attached hydrogens (tertiary/aromatic N) is 2. The fourth-order valence-corrected chi connectivity index (χ4v) is 1.95. The molecule has 1 aromatic heterocycles. The molecule has 2 aromatic carbocycles. The van der Waals surface area contributed by atoms with Gasteiger partial charge in [-0.25, -0.2) is 0 Å². The van der Waals surface area contributed by atoms with Crippen LogP contribution in [0.25, 0.3) is 11.1 Å². The number of hydrogen-bond donors (Lipinski definition) is 2. The van der Waals surface area contributed by atoms with Crippen molar-refractivity contribution in [1.82, 2.24) is 4.98 Å². The van der Waals surface area contributed by atoms with E-state index in [1.54, 1.807) is 6.07 Å². The number of anilines is 2. The Morgan fingerprint density at radius 2 is 2.10 bits per heavy atom. The number of aromatic nitrogens is 1. The van der Waals surface area contributed by atoms with Crippen molar-refractivity contribution >= 4 is 28.5 Å². The summed E-state index contributed by atoms with van der Waals surface area (Å²) in [6, 6.07) is 9.54. The molecule has 2 N–H and O–H groups in total. The second kappa shape index (κ2) is 4.78. The highest BCUT2D eigenvalue weighted by molar-refractivity contribution is 5.76. The number of fused-ring (bicyclic) bond motifs is 1. The van der Waals surface area contributed by atoms with Gasteiger partial charge in [-0.15, -0.1) is 0 Å². The predicted molar refractivity (Wildman–Crippen MR) is 76.8 cm³/mol. The van der Waals surface area contributed by atoms with E-state index in [0.29, 0.717) is 11.1 Å². The monoisotopic (exact) mass is 285 g/mol. The lowest BCUT2D eigenvalue weighted by atomic mass is 10.2. The zero-order valence-corrected chi connectivity index (χ0v) is 11.0. The molecule has 106 valence electrons. The van der Waals surface area contributed by atoms with E-state index in [9.17, 15) is 15.2 Å². The molecular weight excluding hydrogens is 274 g/mol. The lowest BCUT2D eigenvalue weighted by Crippen LogP contribution is -1.93. The van der Waals surface area contributed by atoms with Crippen LogP contribution < -0.4 is 5.32 Å². The number of nitrogens with one attached hydrogen (secondary N) is 1. The molecule has 0 amide bonds. The number of nitro groups is 1. The number of nitro benzene ring substituents is 1. The van der Waals surface area contributed by atoms with Crippen LogP contribution in [0.1, 0.15) is 5.56 Å². The summed E-state index contributed by atoms with van der Waals surface area (Å²) in [4.78, 5) is 14.3. The molecule has 0 radical (unpaired) electrons. The zero-order chi connectivity index (χ0) is 15.0. The molecular formula is C14H11N3O4. The SMILES string of the molecule is Cc1ccc2oc(Nc3ccc([N+](=O)[O-])cc3O)nc2c1. The highest BCUT2D eigenvalue weighted by Crippen LogP contribution is 2.31. The van der Waals surface area contributed by atoms with Crippen LogP contribution >= 0.6 is 0 Å². The molecule has 3 aromatic rings. The highest BCUT2D eigenvalue weighted by Gasteiger charge is 2.12. The first kappa shape index (κ1) is 12.9. The van der Waals surface area contributed by atoms with Crippen molar-refractivity contribution in [3.05, 3.63) is 52.1 Å². The lowest BCUT2D eigenvalue weighted by Gasteiger charge is -2.03. The summed E-state index contributed by atoms with van der Waals surface area (Å²) in [6.07, 6.45) is 0. The van der Waals surface area contributed by atoms with E-state index < -0.39 is 4.92 Å². The van der Waals surface area contributed by atoms with Gasteiger partial charge in [0.1, 0.15) is 11.3 Å². The molecule has 7 nitrogen and oxygen atoms in total. The number of oxazole rings is 1. The zero-order valence-electron chi connectivity index (χ0n) is 11.0. The molecule has 3 rings (SSSR count). The first-order valence-corrected chi connectivity index (χ1v) is 6.14. The summed E-state index contributed by atoms with van der Waals surface area (Å²) >= 11 is 0. The number of benzene rings is 2. The van der Waals surface area contributed by atoms with Crippen LogP contribution in [-0.4, -0.2) is 15.0 Å². The van der Waals surface area contributed by atoms with Crippen LogP contribution in [-0.2, 0) is 0 Å². The van der Waals surface area contributed by atoms with Crippen LogP contribution in [0, 0.1) is 17.0 Å². The van der Waals surface area contributed by atoms with Gasteiger partial charge in [-0.3, -0.25) is 10.1 Å². The minimum absolute atomic E-state index is 0.189. The van der Waals surface area contributed by atoms with Crippen LogP contribution in [0.5, 0.6) is 5.75 Å². The number of hydrogen-bond acceptors (Lipinski definition) is 6. The molecule has 0 spiro atoms. The molecule has 21 heavy (non-hydrogen) atoms. The third-order valence-electron chi connectivity index (χ3n) is 2.98. The molecule has 0 aliphatic carbocycles. The Morgan fingerprint density at radius 1 is 1.29 bits per heavy atom. The lowest BCUT2D eigenvalue weighted by molar-refractivity contribution is -0.384. The summed E-state index contributed by atoms with van der Waals surface area (Å²) in [6.45, 7) is 1.95. The largest absolute Gasteiger partial charge is 0.506 e. The molecule has 7 heteroatoms. The average Bonchev–Trinajstić information content (AvgIpc) is 2.82. The van der Waals surface area contributed by atoms with E-state index in [4.69, 9.17) is 4.42 Å². The van der Waals surface area contributed by atoms with Gasteiger partial charge in [-0.1, -0.05) is 6.07 Å². The molecule has 0 aliphatic heterocycles. The van der Waals surface area contributed by atoms with Crippen molar-refractivity contribution < 1.29 is 14.4 Å². The summed E-state index contributed by atoms with van der Waals surface area (Å²) < 4.78 is 5.49. The van der Waals surface area contributed by atoms with E-state index in [1.807, 2.05) is 19.1 Å². The summed E-state index contributed by atoms with van der Waals surface area (Å²) in [5, 5.41) is 23.2. The molecule has 0 fully saturated rings. The molecule has 0 aliphatic rings. The smallest absolute Gasteiger partial charge is 0.300 e. The second-order valence-corrected chi connectivity index (χ2v) is 4.57. The molecule has 0 unspecified atom stereocenters. The van der Waals surface area contributed by atoms with Crippen molar-refractivity contribution in [2.75, 3.05) is 5.32 Å². The Morgan fingerprint density at radius 3 is 2.81 bits per heavy atom. The van der Waals surface area contributed by atoms with E-state index in [1.165, 1.54) is 12.1 Å². The molecule has 0 saturated heterocycles. The van der Waals surface area contributed by atoms with E-state index in [2.05, 4.69) is 10.3 Å².